The van der Waals surface area contributed by atoms with Gasteiger partial charge in [-0.15, -0.1) is 0 Å². The Hall–Kier alpha value is -3.25. The quantitative estimate of drug-likeness (QED) is 0.467. The lowest BCUT2D eigenvalue weighted by atomic mass is 9.97. The summed E-state index contributed by atoms with van der Waals surface area (Å²) >= 11 is 0. The average molecular weight is 371 g/mol. The summed E-state index contributed by atoms with van der Waals surface area (Å²) in [6.07, 6.45) is 1.78. The molecule has 1 N–H and O–H groups in total. The van der Waals surface area contributed by atoms with E-state index < -0.39 is 5.60 Å². The van der Waals surface area contributed by atoms with E-state index in [-0.39, 0.29) is 5.97 Å². The Kier molecular flexibility index (Phi) is 5.42. The van der Waals surface area contributed by atoms with Gasteiger partial charge < -0.3 is 9.72 Å². The molecule has 0 saturated carbocycles. The summed E-state index contributed by atoms with van der Waals surface area (Å²) in [6.45, 7) is 9.65. The summed E-state index contributed by atoms with van der Waals surface area (Å²) in [4.78, 5) is 15.9. The van der Waals surface area contributed by atoms with Crippen LogP contribution in [0.2, 0.25) is 0 Å². The van der Waals surface area contributed by atoms with Crippen molar-refractivity contribution < 1.29 is 9.53 Å². The number of esters is 1. The number of carbonyl (C=O) groups excluding carboxylic acids is 1. The highest BCUT2D eigenvalue weighted by molar-refractivity contribution is 5.98. The highest BCUT2D eigenvalue weighted by Gasteiger charge is 2.24. The lowest BCUT2D eigenvalue weighted by molar-refractivity contribution is 0.00645. The first kappa shape index (κ1) is 19.5. The third-order valence-electron chi connectivity index (χ3n) is 4.37. The molecule has 3 heteroatoms. The Morgan fingerprint density at radius 3 is 2.14 bits per heavy atom. The molecule has 142 valence electrons. The van der Waals surface area contributed by atoms with Crippen molar-refractivity contribution >= 4 is 5.97 Å². The van der Waals surface area contributed by atoms with Gasteiger partial charge in [0, 0.05) is 17.3 Å². The third-order valence-corrected chi connectivity index (χ3v) is 4.37. The van der Waals surface area contributed by atoms with E-state index in [0.29, 0.717) is 5.69 Å². The molecule has 0 radical (unpaired) electrons. The van der Waals surface area contributed by atoms with Crippen LogP contribution in [-0.2, 0) is 4.74 Å². The zero-order valence-electron chi connectivity index (χ0n) is 17.0. The first-order chi connectivity index (χ1) is 13.3. The number of ether oxygens (including phenoxy) is 1. The highest BCUT2D eigenvalue weighted by Crippen LogP contribution is 2.31. The number of carbonyl (C=O) groups is 1. The molecule has 0 atom stereocenters. The predicted molar refractivity (Wildman–Crippen MR) is 113 cm³/mol. The second-order valence-corrected chi connectivity index (χ2v) is 7.83. The van der Waals surface area contributed by atoms with Gasteiger partial charge in [-0.05, 0) is 57.4 Å². The molecule has 0 fully saturated rings. The number of aromatic nitrogens is 1. The van der Waals surface area contributed by atoms with Crippen LogP contribution in [0.1, 0.15) is 53.5 Å². The summed E-state index contributed by atoms with van der Waals surface area (Å²) in [5, 5.41) is 0. The number of rotatable bonds is 2. The van der Waals surface area contributed by atoms with E-state index in [1.165, 1.54) is 0 Å². The molecule has 0 bridgehead atoms. The van der Waals surface area contributed by atoms with E-state index in [2.05, 4.69) is 16.8 Å². The molecule has 0 aliphatic heterocycles. The molecule has 1 heterocycles. The zero-order chi connectivity index (χ0) is 20.3. The van der Waals surface area contributed by atoms with Crippen molar-refractivity contribution in [2.24, 2.45) is 0 Å². The topological polar surface area (TPSA) is 42.1 Å². The van der Waals surface area contributed by atoms with Gasteiger partial charge in [-0.2, -0.15) is 0 Å². The van der Waals surface area contributed by atoms with E-state index in [1.807, 2.05) is 83.1 Å². The highest BCUT2D eigenvalue weighted by atomic mass is 16.6. The van der Waals surface area contributed by atoms with Crippen LogP contribution in [0.4, 0.5) is 0 Å². The molecule has 0 aliphatic rings. The molecule has 0 aliphatic carbocycles. The van der Waals surface area contributed by atoms with Crippen LogP contribution in [-0.4, -0.2) is 16.6 Å². The maximum atomic E-state index is 12.8. The Morgan fingerprint density at radius 2 is 1.50 bits per heavy atom. The minimum atomic E-state index is -0.571. The molecular weight excluding hydrogens is 346 g/mol. The molecule has 3 rings (SSSR count). The van der Waals surface area contributed by atoms with Gasteiger partial charge in [0.05, 0.1) is 5.56 Å². The predicted octanol–water partition coefficient (Wildman–Crippen LogP) is 5.65. The Morgan fingerprint density at radius 1 is 0.893 bits per heavy atom. The Labute approximate surface area is 166 Å². The van der Waals surface area contributed by atoms with Gasteiger partial charge in [0.15, 0.2) is 0 Å². The van der Waals surface area contributed by atoms with E-state index in [1.54, 1.807) is 6.20 Å². The van der Waals surface area contributed by atoms with Crippen LogP contribution in [0.5, 0.6) is 0 Å². The maximum absolute atomic E-state index is 12.8. The molecule has 2 aromatic carbocycles. The van der Waals surface area contributed by atoms with Gasteiger partial charge in [0.2, 0.25) is 0 Å². The molecular formula is C25H25NO2. The summed E-state index contributed by atoms with van der Waals surface area (Å²) in [5.74, 6) is 6.10. The average Bonchev–Trinajstić information content (AvgIpc) is 3.04. The number of aryl methyl sites for hydroxylation is 2. The van der Waals surface area contributed by atoms with Crippen LogP contribution < -0.4 is 0 Å². The molecule has 3 nitrogen and oxygen atoms in total. The SMILES string of the molecule is Cc1ccccc1C#Cc1c[nH]c(C(=O)OC(C)(C)C)c1-c1ccccc1C. The molecule has 28 heavy (non-hydrogen) atoms. The van der Waals surface area contributed by atoms with Crippen LogP contribution in [0.25, 0.3) is 11.1 Å². The van der Waals surface area contributed by atoms with Crippen LogP contribution in [0.3, 0.4) is 0 Å². The number of H-pyrrole nitrogens is 1. The largest absolute Gasteiger partial charge is 0.455 e. The third kappa shape index (κ3) is 4.35. The molecule has 0 amide bonds. The number of nitrogens with one attached hydrogen (secondary N) is 1. The van der Waals surface area contributed by atoms with E-state index in [0.717, 1.165) is 33.4 Å². The van der Waals surface area contributed by atoms with Crippen molar-refractivity contribution in [1.82, 2.24) is 4.98 Å². The maximum Gasteiger partial charge on any atom is 0.355 e. The number of hydrogen-bond acceptors (Lipinski definition) is 2. The van der Waals surface area contributed by atoms with Crippen LogP contribution in [0.15, 0.2) is 54.7 Å². The minimum absolute atomic E-state index is 0.380. The molecule has 0 saturated heterocycles. The van der Waals surface area contributed by atoms with Crippen molar-refractivity contribution in [3.8, 4) is 23.0 Å². The van der Waals surface area contributed by atoms with Gasteiger partial charge in [-0.3, -0.25) is 0 Å². The fraction of sp³-hybridized carbons (Fsp3) is 0.240. The number of hydrogen-bond donors (Lipinski definition) is 1. The number of aromatic amines is 1. The van der Waals surface area contributed by atoms with E-state index >= 15 is 0 Å². The van der Waals surface area contributed by atoms with Crippen molar-refractivity contribution in [3.63, 3.8) is 0 Å². The van der Waals surface area contributed by atoms with E-state index in [4.69, 9.17) is 4.74 Å². The first-order valence-corrected chi connectivity index (χ1v) is 9.34. The standard InChI is InChI=1S/C25H25NO2/c1-17-10-6-8-12-19(17)14-15-20-16-26-23(24(27)28-25(3,4)5)22(20)21-13-9-7-11-18(21)2/h6-13,16,26H,1-5H3. The van der Waals surface area contributed by atoms with Crippen molar-refractivity contribution in [3.05, 3.63) is 82.7 Å². The molecule has 3 aromatic rings. The smallest absolute Gasteiger partial charge is 0.355 e. The van der Waals surface area contributed by atoms with E-state index in [9.17, 15) is 4.79 Å². The summed E-state index contributed by atoms with van der Waals surface area (Å²) in [5.41, 5.74) is 5.56. The lowest BCUT2D eigenvalue weighted by Gasteiger charge is -2.19. The summed E-state index contributed by atoms with van der Waals surface area (Å²) in [6, 6.07) is 16.0. The van der Waals surface area contributed by atoms with Crippen LogP contribution >= 0.6 is 0 Å². The van der Waals surface area contributed by atoms with Gasteiger partial charge in [-0.1, -0.05) is 54.3 Å². The Bertz CT molecular complexity index is 1070. The monoisotopic (exact) mass is 371 g/mol. The second-order valence-electron chi connectivity index (χ2n) is 7.83. The van der Waals surface area contributed by atoms with Gasteiger partial charge in [0.25, 0.3) is 0 Å². The molecule has 1 aromatic heterocycles. The first-order valence-electron chi connectivity index (χ1n) is 9.34. The van der Waals surface area contributed by atoms with Gasteiger partial charge in [-0.25, -0.2) is 4.79 Å². The fourth-order valence-corrected chi connectivity index (χ4v) is 2.99. The summed E-state index contributed by atoms with van der Waals surface area (Å²) < 4.78 is 5.60. The van der Waals surface area contributed by atoms with Gasteiger partial charge in [0.1, 0.15) is 11.3 Å². The fourth-order valence-electron chi connectivity index (χ4n) is 2.99. The summed E-state index contributed by atoms with van der Waals surface area (Å²) in [7, 11) is 0. The van der Waals surface area contributed by atoms with Crippen molar-refractivity contribution in [2.45, 2.75) is 40.2 Å². The zero-order valence-corrected chi connectivity index (χ0v) is 17.0. The molecule has 0 spiro atoms. The molecule has 0 unspecified atom stereocenters. The minimum Gasteiger partial charge on any atom is -0.455 e. The van der Waals surface area contributed by atoms with Crippen LogP contribution in [0, 0.1) is 25.7 Å². The normalized spacial score (nSPS) is 10.9. The number of benzene rings is 2. The Balaban J connectivity index is 2.13. The van der Waals surface area contributed by atoms with Crippen molar-refractivity contribution in [2.75, 3.05) is 0 Å². The van der Waals surface area contributed by atoms with Gasteiger partial charge >= 0.3 is 5.97 Å². The lowest BCUT2D eigenvalue weighted by Crippen LogP contribution is -2.24. The second kappa shape index (κ2) is 7.78. The van der Waals surface area contributed by atoms with Crippen molar-refractivity contribution in [1.29, 1.82) is 0 Å².